The largest absolute Gasteiger partial charge is 0.316 e. The van der Waals surface area contributed by atoms with E-state index in [2.05, 4.69) is 31.0 Å². The average Bonchev–Trinajstić information content (AvgIpc) is 2.90. The minimum absolute atomic E-state index is 0.270. The number of hydrogen-bond donors (Lipinski definition) is 1. The van der Waals surface area contributed by atoms with Crippen molar-refractivity contribution in [2.75, 3.05) is 0 Å². The highest BCUT2D eigenvalue weighted by Gasteiger charge is 2.12. The van der Waals surface area contributed by atoms with Gasteiger partial charge in [-0.1, -0.05) is 35.9 Å². The van der Waals surface area contributed by atoms with E-state index in [1.807, 2.05) is 56.3 Å². The van der Waals surface area contributed by atoms with Crippen LogP contribution in [0.3, 0.4) is 0 Å². The number of nitrogens with zero attached hydrogens (tertiary/aromatic N) is 2. The van der Waals surface area contributed by atoms with Gasteiger partial charge in [-0.3, -0.25) is 4.79 Å². The molecule has 1 heterocycles. The van der Waals surface area contributed by atoms with E-state index in [9.17, 15) is 4.79 Å². The molecule has 0 saturated carbocycles. The van der Waals surface area contributed by atoms with E-state index in [4.69, 9.17) is 11.6 Å². The lowest BCUT2D eigenvalue weighted by atomic mass is 10.2. The Morgan fingerprint density at radius 2 is 1.85 bits per heavy atom. The summed E-state index contributed by atoms with van der Waals surface area (Å²) in [5, 5.41) is 4.78. The summed E-state index contributed by atoms with van der Waals surface area (Å²) in [5.74, 6) is -0.270. The van der Waals surface area contributed by atoms with Gasteiger partial charge in [0.25, 0.3) is 5.91 Å². The molecule has 0 atom stereocenters. The molecule has 0 spiro atoms. The number of para-hydroxylation sites is 1. The number of aromatic nitrogens is 1. The average molecular weight is 431 g/mol. The molecule has 0 aliphatic carbocycles. The molecule has 0 radical (unpaired) electrons. The van der Waals surface area contributed by atoms with Gasteiger partial charge < -0.3 is 4.57 Å². The van der Waals surface area contributed by atoms with Crippen molar-refractivity contribution in [1.29, 1.82) is 0 Å². The van der Waals surface area contributed by atoms with Crippen LogP contribution in [-0.2, 0) is 0 Å². The predicted molar refractivity (Wildman–Crippen MR) is 109 cm³/mol. The van der Waals surface area contributed by atoms with Crippen LogP contribution < -0.4 is 5.43 Å². The van der Waals surface area contributed by atoms with E-state index in [0.29, 0.717) is 10.6 Å². The number of hydrogen-bond acceptors (Lipinski definition) is 2. The Morgan fingerprint density at radius 1 is 1.15 bits per heavy atom. The fourth-order valence-corrected chi connectivity index (χ4v) is 3.47. The number of halogens is 2. The van der Waals surface area contributed by atoms with Crippen LogP contribution in [0.5, 0.6) is 0 Å². The standard InChI is InChI=1S/C20H17BrClN3O/c1-13-11-15(14(2)25(13)19-10-6-5-9-18(19)22)12-23-24-20(26)16-7-3-4-8-17(16)21/h3-12H,1-2H3,(H,24,26)/b23-12+. The third kappa shape index (κ3) is 3.74. The molecule has 4 nitrogen and oxygen atoms in total. The second-order valence-electron chi connectivity index (χ2n) is 5.79. The minimum atomic E-state index is -0.270. The summed E-state index contributed by atoms with van der Waals surface area (Å²) in [5.41, 5.74) is 6.95. The minimum Gasteiger partial charge on any atom is -0.316 e. The molecule has 0 bridgehead atoms. The van der Waals surface area contributed by atoms with Crippen LogP contribution in [0.2, 0.25) is 5.02 Å². The molecule has 3 aromatic rings. The van der Waals surface area contributed by atoms with Crippen molar-refractivity contribution in [3.63, 3.8) is 0 Å². The Hall–Kier alpha value is -2.37. The third-order valence-corrected chi connectivity index (χ3v) is 5.06. The zero-order valence-electron chi connectivity index (χ0n) is 14.3. The maximum absolute atomic E-state index is 12.2. The van der Waals surface area contributed by atoms with Crippen LogP contribution in [0.4, 0.5) is 0 Å². The number of rotatable bonds is 4. The Labute approximate surface area is 165 Å². The highest BCUT2D eigenvalue weighted by Crippen LogP contribution is 2.25. The van der Waals surface area contributed by atoms with Gasteiger partial charge in [-0.15, -0.1) is 0 Å². The van der Waals surface area contributed by atoms with Crippen LogP contribution in [0.25, 0.3) is 5.69 Å². The number of amides is 1. The fourth-order valence-electron chi connectivity index (χ4n) is 2.79. The van der Waals surface area contributed by atoms with E-state index in [-0.39, 0.29) is 5.91 Å². The number of benzene rings is 2. The van der Waals surface area contributed by atoms with Gasteiger partial charge in [0.1, 0.15) is 0 Å². The summed E-state index contributed by atoms with van der Waals surface area (Å²) < 4.78 is 2.80. The monoisotopic (exact) mass is 429 g/mol. The lowest BCUT2D eigenvalue weighted by Crippen LogP contribution is -2.18. The molecule has 2 aromatic carbocycles. The van der Waals surface area contributed by atoms with Crippen molar-refractivity contribution in [1.82, 2.24) is 9.99 Å². The highest BCUT2D eigenvalue weighted by atomic mass is 79.9. The van der Waals surface area contributed by atoms with Gasteiger partial charge >= 0.3 is 0 Å². The molecule has 6 heteroatoms. The number of nitrogens with one attached hydrogen (secondary N) is 1. The van der Waals surface area contributed by atoms with Crippen molar-refractivity contribution < 1.29 is 4.79 Å². The van der Waals surface area contributed by atoms with Gasteiger partial charge in [-0.2, -0.15) is 5.10 Å². The number of carbonyl (C=O) groups is 1. The Kier molecular flexibility index (Phi) is 5.59. The van der Waals surface area contributed by atoms with Crippen LogP contribution in [0.1, 0.15) is 27.3 Å². The molecule has 1 N–H and O–H groups in total. The fraction of sp³-hybridized carbons (Fsp3) is 0.100. The molecule has 0 saturated heterocycles. The molecule has 0 fully saturated rings. The van der Waals surface area contributed by atoms with Crippen LogP contribution in [0.15, 0.2) is 64.2 Å². The van der Waals surface area contributed by atoms with Gasteiger partial charge in [0.05, 0.1) is 22.5 Å². The summed E-state index contributed by atoms with van der Waals surface area (Å²) in [4.78, 5) is 12.2. The van der Waals surface area contributed by atoms with E-state index in [0.717, 1.165) is 27.1 Å². The lowest BCUT2D eigenvalue weighted by molar-refractivity contribution is 0.0954. The number of carbonyl (C=O) groups excluding carboxylic acids is 1. The second kappa shape index (κ2) is 7.89. The highest BCUT2D eigenvalue weighted by molar-refractivity contribution is 9.10. The summed E-state index contributed by atoms with van der Waals surface area (Å²) in [7, 11) is 0. The zero-order chi connectivity index (χ0) is 18.7. The SMILES string of the molecule is Cc1cc(/C=N/NC(=O)c2ccccc2Br)c(C)n1-c1ccccc1Cl. The third-order valence-electron chi connectivity index (χ3n) is 4.05. The molecule has 0 unspecified atom stereocenters. The van der Waals surface area contributed by atoms with E-state index < -0.39 is 0 Å². The molecule has 26 heavy (non-hydrogen) atoms. The van der Waals surface area contributed by atoms with E-state index in [1.165, 1.54) is 0 Å². The van der Waals surface area contributed by atoms with E-state index >= 15 is 0 Å². The summed E-state index contributed by atoms with van der Waals surface area (Å²) in [6, 6.07) is 16.9. The second-order valence-corrected chi connectivity index (χ2v) is 7.05. The Morgan fingerprint density at radius 3 is 2.58 bits per heavy atom. The summed E-state index contributed by atoms with van der Waals surface area (Å²) in [6.07, 6.45) is 1.64. The van der Waals surface area contributed by atoms with Crippen molar-refractivity contribution in [3.05, 3.63) is 86.6 Å². The van der Waals surface area contributed by atoms with Crippen molar-refractivity contribution in [3.8, 4) is 5.69 Å². The number of hydrazone groups is 1. The zero-order valence-corrected chi connectivity index (χ0v) is 16.7. The molecule has 3 rings (SSSR count). The van der Waals surface area contributed by atoms with Gasteiger partial charge in [0.15, 0.2) is 0 Å². The first-order valence-electron chi connectivity index (χ1n) is 8.01. The molecular weight excluding hydrogens is 414 g/mol. The van der Waals surface area contributed by atoms with Gasteiger partial charge in [-0.05, 0) is 60.1 Å². The summed E-state index contributed by atoms with van der Waals surface area (Å²) in [6.45, 7) is 4.00. The van der Waals surface area contributed by atoms with Crippen LogP contribution >= 0.6 is 27.5 Å². The Bertz CT molecular complexity index is 994. The maximum atomic E-state index is 12.2. The van der Waals surface area contributed by atoms with Crippen molar-refractivity contribution in [2.45, 2.75) is 13.8 Å². The van der Waals surface area contributed by atoms with Crippen molar-refractivity contribution in [2.24, 2.45) is 5.10 Å². The smallest absolute Gasteiger partial charge is 0.272 e. The summed E-state index contributed by atoms with van der Waals surface area (Å²) >= 11 is 9.69. The van der Waals surface area contributed by atoms with Gasteiger partial charge in [-0.25, -0.2) is 5.43 Å². The van der Waals surface area contributed by atoms with Gasteiger partial charge in [0.2, 0.25) is 0 Å². The van der Waals surface area contributed by atoms with E-state index in [1.54, 1.807) is 18.3 Å². The first-order valence-corrected chi connectivity index (χ1v) is 9.18. The van der Waals surface area contributed by atoms with Crippen LogP contribution in [0, 0.1) is 13.8 Å². The molecule has 0 aliphatic rings. The predicted octanol–water partition coefficient (Wildman–Crippen LogP) is 5.27. The van der Waals surface area contributed by atoms with Gasteiger partial charge in [0, 0.05) is 21.4 Å². The quantitative estimate of drug-likeness (QED) is 0.444. The Balaban J connectivity index is 1.82. The maximum Gasteiger partial charge on any atom is 0.272 e. The molecule has 1 aromatic heterocycles. The topological polar surface area (TPSA) is 46.4 Å². The first kappa shape index (κ1) is 18.4. The number of aryl methyl sites for hydroxylation is 1. The molecule has 1 amide bonds. The van der Waals surface area contributed by atoms with Crippen LogP contribution in [-0.4, -0.2) is 16.7 Å². The first-order chi connectivity index (χ1) is 12.5. The molecule has 0 aliphatic heterocycles. The lowest BCUT2D eigenvalue weighted by Gasteiger charge is -2.11. The normalized spacial score (nSPS) is 11.1. The van der Waals surface area contributed by atoms with Crippen molar-refractivity contribution >= 4 is 39.7 Å². The molecule has 132 valence electrons. The molecular formula is C20H17BrClN3O.